The van der Waals surface area contributed by atoms with Crippen molar-refractivity contribution in [2.75, 3.05) is 11.9 Å². The van der Waals surface area contributed by atoms with Crippen LogP contribution in [0.3, 0.4) is 0 Å². The third kappa shape index (κ3) is 3.50. The van der Waals surface area contributed by atoms with Gasteiger partial charge in [-0.25, -0.2) is 0 Å². The molecule has 1 heterocycles. The summed E-state index contributed by atoms with van der Waals surface area (Å²) in [5.74, 6) is -0.461. The molecule has 8 heteroatoms. The van der Waals surface area contributed by atoms with E-state index < -0.39 is 29.8 Å². The molecule has 0 radical (unpaired) electrons. The molecule has 2 atom stereocenters. The van der Waals surface area contributed by atoms with Gasteiger partial charge in [0.2, 0.25) is 5.91 Å². The highest BCUT2D eigenvalue weighted by Gasteiger charge is 2.33. The van der Waals surface area contributed by atoms with Crippen molar-refractivity contribution < 1.29 is 23.1 Å². The minimum absolute atomic E-state index is 0.0636. The minimum Gasteiger partial charge on any atom is -0.392 e. The van der Waals surface area contributed by atoms with Gasteiger partial charge in [-0.15, -0.1) is 0 Å². The number of anilines is 1. The molecular weight excluding hydrogens is 341 g/mol. The van der Waals surface area contributed by atoms with Crippen molar-refractivity contribution in [3.05, 3.63) is 28.2 Å². The summed E-state index contributed by atoms with van der Waals surface area (Å²) in [6, 6.07) is 2.88. The zero-order valence-corrected chi connectivity index (χ0v) is 11.8. The molecule has 20 heavy (non-hydrogen) atoms. The second-order valence-electron chi connectivity index (χ2n) is 4.53. The van der Waals surface area contributed by atoms with Gasteiger partial charge in [0.05, 0.1) is 17.7 Å². The maximum absolute atomic E-state index is 12.7. The molecule has 1 aromatic rings. The Hall–Kier alpha value is -1.12. The molecule has 1 aromatic carbocycles. The number of carbonyl (C=O) groups excluding carboxylic acids is 1. The summed E-state index contributed by atoms with van der Waals surface area (Å²) < 4.78 is 38.1. The Bertz CT molecular complexity index is 522. The van der Waals surface area contributed by atoms with Crippen LogP contribution in [0.5, 0.6) is 0 Å². The van der Waals surface area contributed by atoms with E-state index in [0.29, 0.717) is 6.54 Å². The largest absolute Gasteiger partial charge is 0.417 e. The number of nitrogens with one attached hydrogen (secondary N) is 2. The number of β-amino-alcohol motifs (C(OH)–C–C–N with tert-alkyl or cyclic N) is 1. The molecule has 0 spiro atoms. The fourth-order valence-electron chi connectivity index (χ4n) is 1.97. The van der Waals surface area contributed by atoms with Gasteiger partial charge < -0.3 is 15.7 Å². The lowest BCUT2D eigenvalue weighted by Crippen LogP contribution is -2.35. The molecular formula is C12H12BrF3N2O2. The molecule has 1 aliphatic rings. The van der Waals surface area contributed by atoms with Gasteiger partial charge in [0.15, 0.2) is 0 Å². The number of benzene rings is 1. The summed E-state index contributed by atoms with van der Waals surface area (Å²) >= 11 is 2.83. The molecule has 0 aliphatic carbocycles. The van der Waals surface area contributed by atoms with E-state index in [9.17, 15) is 23.1 Å². The summed E-state index contributed by atoms with van der Waals surface area (Å²) in [4.78, 5) is 11.8. The van der Waals surface area contributed by atoms with Crippen LogP contribution in [-0.4, -0.2) is 29.7 Å². The fourth-order valence-corrected chi connectivity index (χ4v) is 2.44. The van der Waals surface area contributed by atoms with E-state index >= 15 is 0 Å². The molecule has 2 unspecified atom stereocenters. The third-order valence-corrected chi connectivity index (χ3v) is 3.65. The number of amides is 1. The Morgan fingerprint density at radius 2 is 2.15 bits per heavy atom. The first kappa shape index (κ1) is 15.3. The number of alkyl halides is 3. The molecule has 4 nitrogen and oxygen atoms in total. The number of aliphatic hydroxyl groups is 1. The highest BCUT2D eigenvalue weighted by atomic mass is 79.9. The number of hydrogen-bond donors (Lipinski definition) is 3. The smallest absolute Gasteiger partial charge is 0.392 e. The van der Waals surface area contributed by atoms with Gasteiger partial charge in [-0.1, -0.05) is 15.9 Å². The lowest BCUT2D eigenvalue weighted by molar-refractivity contribution is -0.138. The van der Waals surface area contributed by atoms with Crippen molar-refractivity contribution in [3.8, 4) is 0 Å². The van der Waals surface area contributed by atoms with Gasteiger partial charge in [-0.05, 0) is 24.6 Å². The van der Waals surface area contributed by atoms with Crippen molar-refractivity contribution in [2.45, 2.75) is 24.7 Å². The molecule has 0 saturated carbocycles. The van der Waals surface area contributed by atoms with Crippen LogP contribution in [0.15, 0.2) is 22.7 Å². The molecule has 0 aromatic heterocycles. The van der Waals surface area contributed by atoms with Gasteiger partial charge in [0.1, 0.15) is 0 Å². The van der Waals surface area contributed by atoms with Crippen LogP contribution < -0.4 is 10.6 Å². The van der Waals surface area contributed by atoms with E-state index in [4.69, 9.17) is 0 Å². The van der Waals surface area contributed by atoms with Crippen molar-refractivity contribution >= 4 is 27.5 Å². The summed E-state index contributed by atoms with van der Waals surface area (Å²) in [5, 5.41) is 14.5. The molecule has 0 bridgehead atoms. The quantitative estimate of drug-likeness (QED) is 0.764. The topological polar surface area (TPSA) is 61.4 Å². The second-order valence-corrected chi connectivity index (χ2v) is 5.39. The Kier molecular flexibility index (Phi) is 4.36. The first-order valence-corrected chi connectivity index (χ1v) is 6.65. The fraction of sp³-hybridized carbons (Fsp3) is 0.417. The molecule has 1 aliphatic heterocycles. The Labute approximate surface area is 121 Å². The molecule has 1 amide bonds. The first-order valence-electron chi connectivity index (χ1n) is 5.86. The molecule has 2 rings (SSSR count). The van der Waals surface area contributed by atoms with Crippen LogP contribution in [0.2, 0.25) is 0 Å². The second kappa shape index (κ2) is 5.71. The van der Waals surface area contributed by atoms with E-state index in [2.05, 4.69) is 26.6 Å². The number of rotatable bonds is 2. The van der Waals surface area contributed by atoms with E-state index in [0.717, 1.165) is 6.07 Å². The standard InChI is InChI=1S/C12H12BrF3N2O2/c13-9-2-1-6(3-8(9)12(14,15)16)18-11(20)10-4-7(19)5-17-10/h1-3,7,10,17,19H,4-5H2,(H,18,20). The van der Waals surface area contributed by atoms with E-state index in [1.165, 1.54) is 12.1 Å². The van der Waals surface area contributed by atoms with Gasteiger partial charge in [0.25, 0.3) is 0 Å². The highest BCUT2D eigenvalue weighted by Crippen LogP contribution is 2.36. The maximum Gasteiger partial charge on any atom is 0.417 e. The zero-order valence-electron chi connectivity index (χ0n) is 10.2. The Morgan fingerprint density at radius 1 is 1.45 bits per heavy atom. The maximum atomic E-state index is 12.7. The SMILES string of the molecule is O=C(Nc1ccc(Br)c(C(F)(F)F)c1)C1CC(O)CN1. The molecule has 3 N–H and O–H groups in total. The van der Waals surface area contributed by atoms with Crippen LogP contribution in [0, 0.1) is 0 Å². The van der Waals surface area contributed by atoms with Gasteiger partial charge >= 0.3 is 6.18 Å². The highest BCUT2D eigenvalue weighted by molar-refractivity contribution is 9.10. The van der Waals surface area contributed by atoms with Crippen LogP contribution >= 0.6 is 15.9 Å². The van der Waals surface area contributed by atoms with Crippen LogP contribution in [0.4, 0.5) is 18.9 Å². The van der Waals surface area contributed by atoms with Crippen molar-refractivity contribution in [2.24, 2.45) is 0 Å². The third-order valence-electron chi connectivity index (χ3n) is 2.96. The van der Waals surface area contributed by atoms with Crippen molar-refractivity contribution in [1.29, 1.82) is 0 Å². The number of aliphatic hydroxyl groups excluding tert-OH is 1. The van der Waals surface area contributed by atoms with E-state index in [1.54, 1.807) is 0 Å². The Morgan fingerprint density at radius 3 is 2.70 bits per heavy atom. The summed E-state index contributed by atoms with van der Waals surface area (Å²) in [6.45, 7) is 0.298. The summed E-state index contributed by atoms with van der Waals surface area (Å²) in [5.41, 5.74) is -0.788. The van der Waals surface area contributed by atoms with Crippen LogP contribution in [0.1, 0.15) is 12.0 Å². The van der Waals surface area contributed by atoms with Gasteiger partial charge in [0, 0.05) is 16.7 Å². The number of halogens is 4. The monoisotopic (exact) mass is 352 g/mol. The Balaban J connectivity index is 2.12. The average molecular weight is 353 g/mol. The average Bonchev–Trinajstić information content (AvgIpc) is 2.77. The molecule has 110 valence electrons. The predicted octanol–water partition coefficient (Wildman–Crippen LogP) is 2.13. The van der Waals surface area contributed by atoms with E-state index in [-0.39, 0.29) is 16.6 Å². The summed E-state index contributed by atoms with van der Waals surface area (Å²) in [6.07, 6.45) is -4.86. The predicted molar refractivity (Wildman–Crippen MR) is 70.2 cm³/mol. The van der Waals surface area contributed by atoms with Crippen molar-refractivity contribution in [1.82, 2.24) is 5.32 Å². The summed E-state index contributed by atoms with van der Waals surface area (Å²) in [7, 11) is 0. The van der Waals surface area contributed by atoms with Crippen molar-refractivity contribution in [3.63, 3.8) is 0 Å². The van der Waals surface area contributed by atoms with Gasteiger partial charge in [-0.3, -0.25) is 4.79 Å². The number of carbonyl (C=O) groups is 1. The molecule has 1 saturated heterocycles. The lowest BCUT2D eigenvalue weighted by atomic mass is 10.1. The minimum atomic E-state index is -4.50. The zero-order chi connectivity index (χ0) is 14.9. The first-order chi connectivity index (χ1) is 9.27. The van der Waals surface area contributed by atoms with Crippen LogP contribution in [0.25, 0.3) is 0 Å². The van der Waals surface area contributed by atoms with Gasteiger partial charge in [-0.2, -0.15) is 13.2 Å². The van der Waals surface area contributed by atoms with Crippen LogP contribution in [-0.2, 0) is 11.0 Å². The molecule has 1 fully saturated rings. The van der Waals surface area contributed by atoms with E-state index in [1.807, 2.05) is 0 Å². The lowest BCUT2D eigenvalue weighted by Gasteiger charge is -2.14. The normalized spacial score (nSPS) is 22.9. The number of hydrogen-bond acceptors (Lipinski definition) is 3.